The summed E-state index contributed by atoms with van der Waals surface area (Å²) in [7, 11) is 0. The van der Waals surface area contributed by atoms with E-state index < -0.39 is 12.0 Å². The molecule has 1 aliphatic carbocycles. The van der Waals surface area contributed by atoms with Gasteiger partial charge in [-0.2, -0.15) is 0 Å². The fourth-order valence-corrected chi connectivity index (χ4v) is 1.87. The lowest BCUT2D eigenvalue weighted by Crippen LogP contribution is -2.30. The molecule has 0 unspecified atom stereocenters. The molecule has 0 aliphatic heterocycles. The highest BCUT2D eigenvalue weighted by Gasteiger charge is 2.19. The van der Waals surface area contributed by atoms with Gasteiger partial charge in [-0.05, 0) is 29.5 Å². The Hall–Kier alpha value is -1.61. The smallest absolute Gasteiger partial charge is 0.320 e. The Balaban J connectivity index is 2.17. The van der Waals surface area contributed by atoms with Crippen LogP contribution in [0.25, 0.3) is 5.57 Å². The van der Waals surface area contributed by atoms with E-state index in [9.17, 15) is 4.79 Å². The Morgan fingerprint density at radius 3 is 2.93 bits per heavy atom. The van der Waals surface area contributed by atoms with Gasteiger partial charge in [-0.15, -0.1) is 0 Å². The second-order valence-electron chi connectivity index (χ2n) is 3.74. The van der Waals surface area contributed by atoms with Crippen molar-refractivity contribution in [1.29, 1.82) is 0 Å². The van der Waals surface area contributed by atoms with E-state index >= 15 is 0 Å². The Labute approximate surface area is 88.2 Å². The van der Waals surface area contributed by atoms with Crippen molar-refractivity contribution in [3.8, 4) is 0 Å². The molecule has 0 heterocycles. The second kappa shape index (κ2) is 3.87. The van der Waals surface area contributed by atoms with Gasteiger partial charge in [0, 0.05) is 0 Å². The predicted octanol–water partition coefficient (Wildman–Crippen LogP) is 1.43. The number of carboxylic acid groups (broad SMARTS) is 1. The van der Waals surface area contributed by atoms with Crippen molar-refractivity contribution in [3.05, 3.63) is 41.5 Å². The van der Waals surface area contributed by atoms with Crippen LogP contribution in [0, 0.1) is 0 Å². The normalized spacial score (nSPS) is 15.7. The van der Waals surface area contributed by atoms with Crippen LogP contribution in [0.1, 0.15) is 17.5 Å². The molecular weight excluding hydrogens is 190 g/mol. The first-order valence-electron chi connectivity index (χ1n) is 4.94. The van der Waals surface area contributed by atoms with Crippen molar-refractivity contribution >= 4 is 11.5 Å². The topological polar surface area (TPSA) is 63.3 Å². The standard InChI is InChI=1S/C12H13NO2/c13-11(12(14)15)7-9-6-5-8-3-1-2-4-10(8)9/h1-4,6,11H,5,7,13H2,(H,14,15)/t11-/m1/s1. The van der Waals surface area contributed by atoms with Crippen molar-refractivity contribution in [2.24, 2.45) is 5.73 Å². The molecule has 15 heavy (non-hydrogen) atoms. The number of benzene rings is 1. The van der Waals surface area contributed by atoms with Gasteiger partial charge in [0.1, 0.15) is 6.04 Å². The van der Waals surface area contributed by atoms with Crippen LogP contribution in [0.2, 0.25) is 0 Å². The summed E-state index contributed by atoms with van der Waals surface area (Å²) >= 11 is 0. The molecular formula is C12H13NO2. The average molecular weight is 203 g/mol. The molecule has 1 aliphatic rings. The lowest BCUT2D eigenvalue weighted by atomic mass is 10.0. The fourth-order valence-electron chi connectivity index (χ4n) is 1.87. The summed E-state index contributed by atoms with van der Waals surface area (Å²) in [5.41, 5.74) is 8.97. The molecule has 3 heteroatoms. The molecule has 0 amide bonds. The molecule has 0 fully saturated rings. The molecule has 1 atom stereocenters. The summed E-state index contributed by atoms with van der Waals surface area (Å²) in [5, 5.41) is 8.74. The van der Waals surface area contributed by atoms with Crippen molar-refractivity contribution in [2.75, 3.05) is 0 Å². The van der Waals surface area contributed by atoms with Gasteiger partial charge in [0.15, 0.2) is 0 Å². The summed E-state index contributed by atoms with van der Waals surface area (Å²) < 4.78 is 0. The third-order valence-corrected chi connectivity index (χ3v) is 2.69. The van der Waals surface area contributed by atoms with Crippen LogP contribution in [0.15, 0.2) is 30.3 Å². The Morgan fingerprint density at radius 2 is 2.20 bits per heavy atom. The first-order valence-corrected chi connectivity index (χ1v) is 4.94. The minimum atomic E-state index is -0.944. The van der Waals surface area contributed by atoms with Crippen molar-refractivity contribution in [2.45, 2.75) is 18.9 Å². The molecule has 3 N–H and O–H groups in total. The molecule has 0 saturated carbocycles. The summed E-state index contributed by atoms with van der Waals surface area (Å²) in [4.78, 5) is 10.6. The number of aliphatic carboxylic acids is 1. The number of rotatable bonds is 3. The molecule has 78 valence electrons. The molecule has 0 spiro atoms. The van der Waals surface area contributed by atoms with Gasteiger partial charge in [0.05, 0.1) is 0 Å². The number of allylic oxidation sites excluding steroid dienone is 1. The number of carbonyl (C=O) groups is 1. The van der Waals surface area contributed by atoms with Crippen LogP contribution in [-0.2, 0) is 11.2 Å². The minimum absolute atomic E-state index is 0.409. The zero-order chi connectivity index (χ0) is 10.8. The molecule has 1 aromatic carbocycles. The molecule has 1 aromatic rings. The van der Waals surface area contributed by atoms with E-state index in [1.54, 1.807) is 0 Å². The monoisotopic (exact) mass is 203 g/mol. The molecule has 3 nitrogen and oxygen atoms in total. The average Bonchev–Trinajstić information content (AvgIpc) is 2.62. The minimum Gasteiger partial charge on any atom is -0.480 e. The van der Waals surface area contributed by atoms with Crippen LogP contribution in [0.3, 0.4) is 0 Å². The van der Waals surface area contributed by atoms with E-state index in [4.69, 9.17) is 10.8 Å². The number of fused-ring (bicyclic) bond motifs is 1. The summed E-state index contributed by atoms with van der Waals surface area (Å²) in [6.45, 7) is 0. The highest BCUT2D eigenvalue weighted by molar-refractivity contribution is 5.80. The quantitative estimate of drug-likeness (QED) is 0.781. The predicted molar refractivity (Wildman–Crippen MR) is 58.4 cm³/mol. The third kappa shape index (κ3) is 1.92. The van der Waals surface area contributed by atoms with Gasteiger partial charge in [-0.1, -0.05) is 30.3 Å². The maximum atomic E-state index is 10.6. The van der Waals surface area contributed by atoms with Gasteiger partial charge in [0.25, 0.3) is 0 Å². The molecule has 0 radical (unpaired) electrons. The zero-order valence-corrected chi connectivity index (χ0v) is 8.31. The van der Waals surface area contributed by atoms with Crippen LogP contribution < -0.4 is 5.73 Å². The van der Waals surface area contributed by atoms with E-state index in [0.717, 1.165) is 17.6 Å². The van der Waals surface area contributed by atoms with Gasteiger partial charge in [-0.3, -0.25) is 4.79 Å². The van der Waals surface area contributed by atoms with E-state index in [0.29, 0.717) is 6.42 Å². The SMILES string of the molecule is N[C@H](CC1=CCc2ccccc21)C(=O)O. The first kappa shape index (κ1) is 9.93. The van der Waals surface area contributed by atoms with Crippen LogP contribution in [0.5, 0.6) is 0 Å². The van der Waals surface area contributed by atoms with E-state index in [2.05, 4.69) is 12.1 Å². The van der Waals surface area contributed by atoms with Crippen molar-refractivity contribution < 1.29 is 9.90 Å². The highest BCUT2D eigenvalue weighted by Crippen LogP contribution is 2.29. The molecule has 2 rings (SSSR count). The largest absolute Gasteiger partial charge is 0.480 e. The number of nitrogens with two attached hydrogens (primary N) is 1. The lowest BCUT2D eigenvalue weighted by Gasteiger charge is -2.08. The Morgan fingerprint density at radius 1 is 1.47 bits per heavy atom. The Bertz CT molecular complexity index is 423. The van der Waals surface area contributed by atoms with Crippen molar-refractivity contribution in [1.82, 2.24) is 0 Å². The van der Waals surface area contributed by atoms with Crippen LogP contribution in [0.4, 0.5) is 0 Å². The van der Waals surface area contributed by atoms with E-state index in [1.165, 1.54) is 5.56 Å². The molecule has 0 saturated heterocycles. The second-order valence-corrected chi connectivity index (χ2v) is 3.74. The third-order valence-electron chi connectivity index (χ3n) is 2.69. The van der Waals surface area contributed by atoms with E-state index in [-0.39, 0.29) is 0 Å². The molecule has 0 aromatic heterocycles. The lowest BCUT2D eigenvalue weighted by molar-refractivity contribution is -0.138. The summed E-state index contributed by atoms with van der Waals surface area (Å²) in [6.07, 6.45) is 3.36. The maximum absolute atomic E-state index is 10.6. The number of carboxylic acids is 1. The van der Waals surface area contributed by atoms with Gasteiger partial charge in [0.2, 0.25) is 0 Å². The van der Waals surface area contributed by atoms with Gasteiger partial charge >= 0.3 is 5.97 Å². The van der Waals surface area contributed by atoms with E-state index in [1.807, 2.05) is 18.2 Å². The zero-order valence-electron chi connectivity index (χ0n) is 8.31. The van der Waals surface area contributed by atoms with Gasteiger partial charge < -0.3 is 10.8 Å². The van der Waals surface area contributed by atoms with Crippen LogP contribution in [-0.4, -0.2) is 17.1 Å². The molecule has 0 bridgehead atoms. The van der Waals surface area contributed by atoms with Crippen LogP contribution >= 0.6 is 0 Å². The van der Waals surface area contributed by atoms with Gasteiger partial charge in [-0.25, -0.2) is 0 Å². The first-order chi connectivity index (χ1) is 7.18. The number of hydrogen-bond donors (Lipinski definition) is 2. The summed E-state index contributed by atoms with van der Waals surface area (Å²) in [6, 6.07) is 7.23. The van der Waals surface area contributed by atoms with Crippen molar-refractivity contribution in [3.63, 3.8) is 0 Å². The highest BCUT2D eigenvalue weighted by atomic mass is 16.4. The Kier molecular flexibility index (Phi) is 2.56. The fraction of sp³-hybridized carbons (Fsp3) is 0.250. The maximum Gasteiger partial charge on any atom is 0.320 e. The number of hydrogen-bond acceptors (Lipinski definition) is 2. The summed E-state index contributed by atoms with van der Waals surface area (Å²) in [5.74, 6) is -0.944.